The molecule has 0 radical (unpaired) electrons. The molecule has 0 aliphatic carbocycles. The van der Waals surface area contributed by atoms with Crippen LogP contribution in [0.4, 0.5) is 0 Å². The number of carboxylic acid groups (broad SMARTS) is 1. The molecule has 0 aliphatic heterocycles. The first kappa shape index (κ1) is 12.7. The van der Waals surface area contributed by atoms with Crippen molar-refractivity contribution in [2.45, 2.75) is 6.54 Å². The van der Waals surface area contributed by atoms with E-state index in [1.807, 2.05) is 28.8 Å². The minimum absolute atomic E-state index is 0.245. The third-order valence-electron chi connectivity index (χ3n) is 3.13. The van der Waals surface area contributed by atoms with Gasteiger partial charge < -0.3 is 9.67 Å². The lowest BCUT2D eigenvalue weighted by Crippen LogP contribution is -1.99. The predicted molar refractivity (Wildman–Crippen MR) is 77.2 cm³/mol. The second kappa shape index (κ2) is 4.98. The standard InChI is InChI=1S/C15H11ClN2O2/c16-12-4-1-10(2-5-12)8-18-9-17-13-7-11(15(19)20)3-6-14(13)18/h1-7,9H,8H2,(H,19,20). The maximum absolute atomic E-state index is 10.9. The van der Waals surface area contributed by atoms with Crippen LogP contribution in [0.2, 0.25) is 5.02 Å². The molecule has 20 heavy (non-hydrogen) atoms. The van der Waals surface area contributed by atoms with E-state index in [2.05, 4.69) is 4.98 Å². The summed E-state index contributed by atoms with van der Waals surface area (Å²) in [4.78, 5) is 15.2. The summed E-state index contributed by atoms with van der Waals surface area (Å²) < 4.78 is 1.98. The van der Waals surface area contributed by atoms with Crippen LogP contribution in [0.25, 0.3) is 11.0 Å². The number of aromatic nitrogens is 2. The Morgan fingerprint density at radius 3 is 2.65 bits per heavy atom. The maximum Gasteiger partial charge on any atom is 0.335 e. The average Bonchev–Trinajstić information content (AvgIpc) is 2.84. The molecular weight excluding hydrogens is 276 g/mol. The number of halogens is 1. The quantitative estimate of drug-likeness (QED) is 0.802. The lowest BCUT2D eigenvalue weighted by atomic mass is 10.2. The van der Waals surface area contributed by atoms with Crippen LogP contribution < -0.4 is 0 Å². The third-order valence-corrected chi connectivity index (χ3v) is 3.39. The van der Waals surface area contributed by atoms with Crippen LogP contribution in [0.3, 0.4) is 0 Å². The first-order valence-corrected chi connectivity index (χ1v) is 6.44. The molecule has 0 saturated carbocycles. The van der Waals surface area contributed by atoms with Crippen molar-refractivity contribution in [3.8, 4) is 0 Å². The number of rotatable bonds is 3. The van der Waals surface area contributed by atoms with E-state index in [4.69, 9.17) is 16.7 Å². The number of imidazole rings is 1. The van der Waals surface area contributed by atoms with Gasteiger partial charge in [0.25, 0.3) is 0 Å². The summed E-state index contributed by atoms with van der Waals surface area (Å²) in [5.41, 5.74) is 2.94. The highest BCUT2D eigenvalue weighted by atomic mass is 35.5. The van der Waals surface area contributed by atoms with Gasteiger partial charge >= 0.3 is 5.97 Å². The fourth-order valence-corrected chi connectivity index (χ4v) is 2.24. The molecule has 1 aromatic heterocycles. The van der Waals surface area contributed by atoms with Gasteiger partial charge in [0, 0.05) is 11.6 Å². The Morgan fingerprint density at radius 2 is 1.95 bits per heavy atom. The van der Waals surface area contributed by atoms with Gasteiger partial charge in [-0.15, -0.1) is 0 Å². The monoisotopic (exact) mass is 286 g/mol. The number of fused-ring (bicyclic) bond motifs is 1. The lowest BCUT2D eigenvalue weighted by Gasteiger charge is -2.05. The predicted octanol–water partition coefficient (Wildman–Crippen LogP) is 3.44. The lowest BCUT2D eigenvalue weighted by molar-refractivity contribution is 0.0697. The average molecular weight is 287 g/mol. The number of hydrogen-bond acceptors (Lipinski definition) is 2. The van der Waals surface area contributed by atoms with Crippen LogP contribution in [-0.2, 0) is 6.54 Å². The van der Waals surface area contributed by atoms with Crippen molar-refractivity contribution in [1.29, 1.82) is 0 Å². The number of benzene rings is 2. The third kappa shape index (κ3) is 2.38. The van der Waals surface area contributed by atoms with E-state index in [-0.39, 0.29) is 5.56 Å². The normalized spacial score (nSPS) is 10.8. The first-order valence-electron chi connectivity index (χ1n) is 6.06. The van der Waals surface area contributed by atoms with Crippen LogP contribution in [-0.4, -0.2) is 20.6 Å². The molecule has 0 spiro atoms. The highest BCUT2D eigenvalue weighted by molar-refractivity contribution is 6.30. The van der Waals surface area contributed by atoms with Crippen LogP contribution in [0, 0.1) is 0 Å². The van der Waals surface area contributed by atoms with Gasteiger partial charge in [-0.1, -0.05) is 23.7 Å². The maximum atomic E-state index is 10.9. The fraction of sp³-hybridized carbons (Fsp3) is 0.0667. The smallest absolute Gasteiger partial charge is 0.335 e. The van der Waals surface area contributed by atoms with Gasteiger partial charge in [0.1, 0.15) is 0 Å². The van der Waals surface area contributed by atoms with Gasteiger partial charge in [0.15, 0.2) is 0 Å². The Balaban J connectivity index is 1.96. The van der Waals surface area contributed by atoms with E-state index in [0.29, 0.717) is 17.1 Å². The minimum Gasteiger partial charge on any atom is -0.478 e. The van der Waals surface area contributed by atoms with Gasteiger partial charge in [0.05, 0.1) is 22.9 Å². The Bertz CT molecular complexity index is 778. The summed E-state index contributed by atoms with van der Waals surface area (Å²) in [5.74, 6) is -0.945. The van der Waals surface area contributed by atoms with Crippen molar-refractivity contribution in [3.63, 3.8) is 0 Å². The summed E-state index contributed by atoms with van der Waals surface area (Å²) in [7, 11) is 0. The first-order chi connectivity index (χ1) is 9.63. The summed E-state index contributed by atoms with van der Waals surface area (Å²) in [6.07, 6.45) is 1.71. The van der Waals surface area contributed by atoms with Crippen molar-refractivity contribution >= 4 is 28.6 Å². The Kier molecular flexibility index (Phi) is 3.16. The molecule has 0 bridgehead atoms. The van der Waals surface area contributed by atoms with E-state index in [1.165, 1.54) is 0 Å². The van der Waals surface area contributed by atoms with E-state index in [1.54, 1.807) is 24.5 Å². The SMILES string of the molecule is O=C(O)c1ccc2c(c1)ncn2Cc1ccc(Cl)cc1. The van der Waals surface area contributed by atoms with Gasteiger partial charge in [-0.2, -0.15) is 0 Å². The summed E-state index contributed by atoms with van der Waals surface area (Å²) in [5, 5.41) is 9.67. The molecule has 1 heterocycles. The number of nitrogens with zero attached hydrogens (tertiary/aromatic N) is 2. The van der Waals surface area contributed by atoms with Crippen molar-refractivity contribution in [1.82, 2.24) is 9.55 Å². The topological polar surface area (TPSA) is 55.1 Å². The van der Waals surface area contributed by atoms with Crippen LogP contribution in [0.1, 0.15) is 15.9 Å². The Hall–Kier alpha value is -2.33. The molecule has 0 fully saturated rings. The zero-order chi connectivity index (χ0) is 14.1. The molecule has 0 aliphatic rings. The number of carbonyl (C=O) groups is 1. The van der Waals surface area contributed by atoms with Crippen molar-refractivity contribution < 1.29 is 9.90 Å². The minimum atomic E-state index is -0.945. The van der Waals surface area contributed by atoms with Crippen molar-refractivity contribution in [3.05, 3.63) is 64.9 Å². The zero-order valence-electron chi connectivity index (χ0n) is 10.5. The molecule has 0 saturated heterocycles. The van der Waals surface area contributed by atoms with E-state index in [9.17, 15) is 4.79 Å². The molecule has 100 valence electrons. The highest BCUT2D eigenvalue weighted by Gasteiger charge is 2.08. The molecule has 0 unspecified atom stereocenters. The number of hydrogen-bond donors (Lipinski definition) is 1. The van der Waals surface area contributed by atoms with Crippen molar-refractivity contribution in [2.24, 2.45) is 0 Å². The molecule has 4 nitrogen and oxygen atoms in total. The van der Waals surface area contributed by atoms with E-state index in [0.717, 1.165) is 11.1 Å². The van der Waals surface area contributed by atoms with Crippen LogP contribution >= 0.6 is 11.6 Å². The van der Waals surface area contributed by atoms with E-state index < -0.39 is 5.97 Å². The van der Waals surface area contributed by atoms with Crippen LogP contribution in [0.5, 0.6) is 0 Å². The van der Waals surface area contributed by atoms with Gasteiger partial charge in [0.2, 0.25) is 0 Å². The Morgan fingerprint density at radius 1 is 1.20 bits per heavy atom. The molecule has 1 N–H and O–H groups in total. The molecular formula is C15H11ClN2O2. The molecule has 0 atom stereocenters. The van der Waals surface area contributed by atoms with E-state index >= 15 is 0 Å². The zero-order valence-corrected chi connectivity index (χ0v) is 11.2. The van der Waals surface area contributed by atoms with Crippen molar-refractivity contribution in [2.75, 3.05) is 0 Å². The molecule has 5 heteroatoms. The van der Waals surface area contributed by atoms with Gasteiger partial charge in [-0.3, -0.25) is 0 Å². The van der Waals surface area contributed by atoms with Gasteiger partial charge in [-0.25, -0.2) is 9.78 Å². The molecule has 2 aromatic carbocycles. The van der Waals surface area contributed by atoms with Crippen LogP contribution in [0.15, 0.2) is 48.8 Å². The number of aromatic carboxylic acids is 1. The highest BCUT2D eigenvalue weighted by Crippen LogP contribution is 2.17. The van der Waals surface area contributed by atoms with Gasteiger partial charge in [-0.05, 0) is 35.9 Å². The second-order valence-electron chi connectivity index (χ2n) is 4.51. The second-order valence-corrected chi connectivity index (χ2v) is 4.94. The largest absolute Gasteiger partial charge is 0.478 e. The fourth-order valence-electron chi connectivity index (χ4n) is 2.11. The molecule has 0 amide bonds. The summed E-state index contributed by atoms with van der Waals surface area (Å²) in [6.45, 7) is 0.667. The molecule has 3 aromatic rings. The summed E-state index contributed by atoms with van der Waals surface area (Å²) >= 11 is 5.86. The molecule has 3 rings (SSSR count). The number of carboxylic acids is 1. The Labute approximate surface area is 120 Å². The summed E-state index contributed by atoms with van der Waals surface area (Å²) in [6, 6.07) is 12.6.